The second kappa shape index (κ2) is 5.37. The third kappa shape index (κ3) is 132. The molecule has 0 amide bonds. The second-order valence-corrected chi connectivity index (χ2v) is 4.05. The van der Waals surface area contributed by atoms with Crippen LogP contribution in [0.4, 0.5) is 0 Å². The number of hydrogen-bond acceptors (Lipinski definition) is 3. The van der Waals surface area contributed by atoms with E-state index >= 15 is 0 Å². The van der Waals surface area contributed by atoms with Gasteiger partial charge < -0.3 is 18.2 Å². The zero-order valence-electron chi connectivity index (χ0n) is 7.17. The molecule has 0 saturated carbocycles. The Morgan fingerprint density at radius 1 is 1.30 bits per heavy atom. The van der Waals surface area contributed by atoms with Crippen molar-refractivity contribution in [2.24, 2.45) is 0 Å². The van der Waals surface area contributed by atoms with E-state index in [2.05, 4.69) is 32.6 Å². The van der Waals surface area contributed by atoms with Gasteiger partial charge in [-0.1, -0.05) is 0 Å². The van der Waals surface area contributed by atoms with Gasteiger partial charge in [-0.15, -0.1) is 0 Å². The minimum Gasteiger partial charge on any atom is -0.591 e. The first-order valence-corrected chi connectivity index (χ1v) is 4.03. The molecule has 0 aliphatic heterocycles. The normalized spacial score (nSPS) is 9.30. The summed E-state index contributed by atoms with van der Waals surface area (Å²) < 4.78 is 14.0. The molecule has 0 rings (SSSR count). The summed E-state index contributed by atoms with van der Waals surface area (Å²) >= 11 is 0. The first kappa shape index (κ1) is 12.3. The number of rotatable bonds is 1. The minimum atomic E-state index is -2.87. The molecule has 0 aromatic heterocycles. The molecule has 62 valence electrons. The van der Waals surface area contributed by atoms with E-state index in [1.54, 1.807) is 0 Å². The van der Waals surface area contributed by atoms with Crippen LogP contribution in [0.5, 0.6) is 0 Å². The van der Waals surface area contributed by atoms with Crippen LogP contribution in [0.2, 0.25) is 0 Å². The molecule has 10 heavy (non-hydrogen) atoms. The third-order valence-electron chi connectivity index (χ3n) is 0.167. The van der Waals surface area contributed by atoms with E-state index in [-0.39, 0.29) is 0 Å². The first-order chi connectivity index (χ1) is 4.27. The summed E-state index contributed by atoms with van der Waals surface area (Å²) in [6, 6.07) is 0. The molecule has 0 heterocycles. The Labute approximate surface area is 63.5 Å². The van der Waals surface area contributed by atoms with Crippen molar-refractivity contribution >= 4 is 9.17 Å². The number of nitrogens with zero attached hydrogens (tertiary/aromatic N) is 1. The lowest BCUT2D eigenvalue weighted by Gasteiger charge is -2.14. The lowest BCUT2D eigenvalue weighted by molar-refractivity contribution is -0.849. The Bertz CT molecular complexity index is 93.6. The van der Waals surface area contributed by atoms with E-state index in [9.17, 15) is 9.26 Å². The molecule has 0 aliphatic carbocycles. The monoisotopic (exact) mass is 165 g/mol. The Morgan fingerprint density at radius 2 is 1.40 bits per heavy atom. The number of quaternary nitrogens is 1. The molecule has 0 aliphatic rings. The van der Waals surface area contributed by atoms with E-state index in [0.29, 0.717) is 0 Å². The van der Waals surface area contributed by atoms with Gasteiger partial charge in [0.25, 0.3) is 0 Å². The largest absolute Gasteiger partial charge is 0.591 e. The Hall–Kier alpha value is -0.423. The fourth-order valence-electron chi connectivity index (χ4n) is 0. The molecular formula is C5H15NO3Si. The summed E-state index contributed by atoms with van der Waals surface area (Å²) in [6.07, 6.45) is 0. The van der Waals surface area contributed by atoms with Crippen molar-refractivity contribution in [3.8, 4) is 0 Å². The molecule has 0 atom stereocenters. The van der Waals surface area contributed by atoms with Gasteiger partial charge in [-0.3, -0.25) is 0 Å². The van der Waals surface area contributed by atoms with Gasteiger partial charge in [0.15, 0.2) is 0 Å². The molecule has 0 aromatic rings. The van der Waals surface area contributed by atoms with E-state index in [4.69, 9.17) is 0 Å². The van der Waals surface area contributed by atoms with Crippen molar-refractivity contribution in [1.82, 2.24) is 0 Å². The van der Waals surface area contributed by atoms with Crippen molar-refractivity contribution in [1.29, 1.82) is 0 Å². The predicted molar refractivity (Wildman–Crippen MR) is 37.4 cm³/mol. The summed E-state index contributed by atoms with van der Waals surface area (Å²) in [5.41, 5.74) is 0. The van der Waals surface area contributed by atoms with Crippen LogP contribution in [0.15, 0.2) is 0 Å². The summed E-state index contributed by atoms with van der Waals surface area (Å²) in [5.74, 6) is 0. The topological polar surface area (TPSA) is 49.4 Å². The zero-order valence-corrected chi connectivity index (χ0v) is 8.17. The lowest BCUT2D eigenvalue weighted by atomic mass is 10.8. The molecule has 0 fully saturated rings. The van der Waals surface area contributed by atoms with Crippen molar-refractivity contribution in [3.05, 3.63) is 0 Å². The Balaban J connectivity index is 0. The minimum absolute atomic E-state index is 1.00. The predicted octanol–water partition coefficient (Wildman–Crippen LogP) is -1.27. The maximum atomic E-state index is 9.22. The summed E-state index contributed by atoms with van der Waals surface area (Å²) in [6.45, 7) is 0. The highest BCUT2D eigenvalue weighted by Crippen LogP contribution is 1.73. The molecule has 0 N–H and O–H groups in total. The van der Waals surface area contributed by atoms with Crippen molar-refractivity contribution in [2.75, 3.05) is 35.3 Å². The molecular weight excluding hydrogens is 150 g/mol. The van der Waals surface area contributed by atoms with Crippen LogP contribution in [0.25, 0.3) is 0 Å². The highest BCUT2D eigenvalue weighted by Gasteiger charge is 1.88. The summed E-state index contributed by atoms with van der Waals surface area (Å²) in [5, 5.41) is 0. The van der Waals surface area contributed by atoms with Crippen molar-refractivity contribution < 1.29 is 18.2 Å². The fourth-order valence-corrected chi connectivity index (χ4v) is 0. The lowest BCUT2D eigenvalue weighted by Crippen LogP contribution is -2.27. The molecule has 5 heteroatoms. The summed E-state index contributed by atoms with van der Waals surface area (Å²) in [7, 11) is 6.75. The van der Waals surface area contributed by atoms with Crippen LogP contribution in [0.1, 0.15) is 0 Å². The van der Waals surface area contributed by atoms with Crippen molar-refractivity contribution in [2.45, 2.75) is 0 Å². The smallest absolute Gasteiger partial charge is 0.413 e. The zero-order chi connectivity index (χ0) is 8.78. The maximum absolute atomic E-state index is 9.22. The van der Waals surface area contributed by atoms with Gasteiger partial charge in [0.1, 0.15) is 0 Å². The quantitative estimate of drug-likeness (QED) is 0.359. The molecule has 0 radical (unpaired) electrons. The van der Waals surface area contributed by atoms with Gasteiger partial charge >= 0.3 is 9.17 Å². The molecule has 0 aromatic carbocycles. The van der Waals surface area contributed by atoms with Crippen LogP contribution < -0.4 is 4.80 Å². The molecule has 0 saturated heterocycles. The standard InChI is InChI=1S/C4H12N.CH3O3Si/c1-5(2,3)4;1-4-5(2)3/h1-4H3;1H3/q+1;-1. The van der Waals surface area contributed by atoms with E-state index in [0.717, 1.165) is 11.6 Å². The van der Waals surface area contributed by atoms with Crippen LogP contribution >= 0.6 is 0 Å². The van der Waals surface area contributed by atoms with Gasteiger partial charge in [0.05, 0.1) is 28.2 Å². The van der Waals surface area contributed by atoms with Gasteiger partial charge in [0, 0.05) is 7.11 Å². The van der Waals surface area contributed by atoms with Crippen LogP contribution in [0, 0.1) is 0 Å². The Kier molecular flexibility index (Phi) is 6.59. The van der Waals surface area contributed by atoms with Gasteiger partial charge in [-0.05, 0) is 0 Å². The molecule has 0 spiro atoms. The van der Waals surface area contributed by atoms with Crippen LogP contribution in [-0.4, -0.2) is 49.0 Å². The fraction of sp³-hybridized carbons (Fsp3) is 1.00. The van der Waals surface area contributed by atoms with E-state index in [1.807, 2.05) is 0 Å². The average molecular weight is 165 g/mol. The second-order valence-electron chi connectivity index (χ2n) is 3.14. The Morgan fingerprint density at radius 3 is 1.40 bits per heavy atom. The van der Waals surface area contributed by atoms with Crippen LogP contribution in [0.3, 0.4) is 0 Å². The molecule has 4 nitrogen and oxygen atoms in total. The van der Waals surface area contributed by atoms with Crippen molar-refractivity contribution in [3.63, 3.8) is 0 Å². The average Bonchev–Trinajstić information content (AvgIpc) is 1.61. The number of hydrogen-bond donors (Lipinski definition) is 0. The van der Waals surface area contributed by atoms with Gasteiger partial charge in [0.2, 0.25) is 0 Å². The third-order valence-corrected chi connectivity index (χ3v) is 0.500. The van der Waals surface area contributed by atoms with E-state index in [1.165, 1.54) is 0 Å². The first-order valence-electron chi connectivity index (χ1n) is 2.81. The molecule has 0 bridgehead atoms. The highest BCUT2D eigenvalue weighted by molar-refractivity contribution is 6.21. The summed E-state index contributed by atoms with van der Waals surface area (Å²) in [4.78, 5) is 9.22. The molecule has 0 unspecified atom stereocenters. The van der Waals surface area contributed by atoms with Gasteiger partial charge in [-0.25, -0.2) is 0 Å². The van der Waals surface area contributed by atoms with Crippen LogP contribution in [-0.2, 0) is 8.89 Å². The van der Waals surface area contributed by atoms with E-state index < -0.39 is 9.17 Å². The maximum Gasteiger partial charge on any atom is 0.413 e. The highest BCUT2D eigenvalue weighted by atomic mass is 28.3. The SMILES string of the molecule is CO[Si](=O)[O-].C[N+](C)(C)C. The van der Waals surface area contributed by atoms with Gasteiger partial charge in [-0.2, -0.15) is 0 Å².